The minimum absolute atomic E-state index is 0.0937. The minimum atomic E-state index is -0.0937. The molecule has 2 aromatic carbocycles. The van der Waals surface area contributed by atoms with E-state index >= 15 is 0 Å². The van der Waals surface area contributed by atoms with Crippen LogP contribution in [-0.4, -0.2) is 12.4 Å². The smallest absolute Gasteiger partial charge is 0.231 e. The Balaban J connectivity index is 1.77. The van der Waals surface area contributed by atoms with Crippen molar-refractivity contribution in [1.29, 1.82) is 0 Å². The number of fused-ring (bicyclic) bond motifs is 1. The lowest BCUT2D eigenvalue weighted by molar-refractivity contribution is 0.101. The topological polar surface area (TPSA) is 35.5 Å². The van der Waals surface area contributed by atoms with Gasteiger partial charge in [-0.1, -0.05) is 43.7 Å². The van der Waals surface area contributed by atoms with Gasteiger partial charge >= 0.3 is 0 Å². The van der Waals surface area contributed by atoms with Gasteiger partial charge in [0.2, 0.25) is 5.78 Å². The van der Waals surface area contributed by atoms with E-state index in [-0.39, 0.29) is 5.78 Å². The van der Waals surface area contributed by atoms with E-state index in [2.05, 4.69) is 26.0 Å². The third-order valence-electron chi connectivity index (χ3n) is 4.28. The first-order valence-corrected chi connectivity index (χ1v) is 8.88. The molecule has 0 saturated heterocycles. The molecule has 0 saturated carbocycles. The molecule has 134 valence electrons. The lowest BCUT2D eigenvalue weighted by Gasteiger charge is -2.05. The van der Waals surface area contributed by atoms with Crippen LogP contribution in [0.5, 0.6) is 11.5 Å². The minimum Gasteiger partial charge on any atom is -0.489 e. The quantitative estimate of drug-likeness (QED) is 0.508. The fourth-order valence-electron chi connectivity index (χ4n) is 2.69. The Hall–Kier alpha value is -2.81. The van der Waals surface area contributed by atoms with E-state index in [9.17, 15) is 4.79 Å². The molecule has 0 atom stereocenters. The summed E-state index contributed by atoms with van der Waals surface area (Å²) in [5.74, 6) is 1.98. The molecular formula is C23H24O3. The van der Waals surface area contributed by atoms with Gasteiger partial charge in [-0.2, -0.15) is 0 Å². The summed E-state index contributed by atoms with van der Waals surface area (Å²) in [4.78, 5) is 12.5. The summed E-state index contributed by atoms with van der Waals surface area (Å²) >= 11 is 0. The Morgan fingerprint density at radius 1 is 1.12 bits per heavy atom. The Bertz CT molecular complexity index is 867. The van der Waals surface area contributed by atoms with Gasteiger partial charge in [0.15, 0.2) is 5.76 Å². The molecule has 1 aliphatic rings. The second-order valence-corrected chi connectivity index (χ2v) is 7.01. The summed E-state index contributed by atoms with van der Waals surface area (Å²) in [5, 5.41) is 0. The van der Waals surface area contributed by atoms with Gasteiger partial charge in [-0.3, -0.25) is 4.79 Å². The predicted molar refractivity (Wildman–Crippen MR) is 105 cm³/mol. The van der Waals surface area contributed by atoms with Gasteiger partial charge in [-0.05, 0) is 55.2 Å². The third kappa shape index (κ3) is 4.05. The van der Waals surface area contributed by atoms with Crippen LogP contribution in [0.25, 0.3) is 6.08 Å². The molecule has 0 aromatic heterocycles. The van der Waals surface area contributed by atoms with Crippen molar-refractivity contribution in [3.8, 4) is 11.5 Å². The van der Waals surface area contributed by atoms with Crippen LogP contribution < -0.4 is 9.47 Å². The molecule has 0 N–H and O–H groups in total. The number of benzene rings is 2. The van der Waals surface area contributed by atoms with Crippen LogP contribution in [0.1, 0.15) is 55.1 Å². The number of rotatable bonds is 5. The Labute approximate surface area is 155 Å². The molecule has 1 heterocycles. The Morgan fingerprint density at radius 3 is 2.50 bits per heavy atom. The van der Waals surface area contributed by atoms with Crippen LogP contribution in [-0.2, 0) is 0 Å². The highest BCUT2D eigenvalue weighted by atomic mass is 16.5. The number of carbonyl (C=O) groups excluding carboxylic acids is 1. The van der Waals surface area contributed by atoms with Gasteiger partial charge in [-0.15, -0.1) is 0 Å². The molecule has 3 heteroatoms. The fraction of sp³-hybridized carbons (Fsp3) is 0.261. The summed E-state index contributed by atoms with van der Waals surface area (Å²) < 4.78 is 11.5. The van der Waals surface area contributed by atoms with E-state index in [0.717, 1.165) is 5.56 Å². The van der Waals surface area contributed by atoms with Crippen molar-refractivity contribution in [1.82, 2.24) is 0 Å². The zero-order valence-electron chi connectivity index (χ0n) is 15.7. The number of ether oxygens (including phenoxy) is 2. The molecule has 3 rings (SSSR count). The molecular weight excluding hydrogens is 324 g/mol. The number of Topliss-reactive ketones (excluding diaryl/α,β-unsaturated/α-hetero) is 1. The number of hydrogen-bond donors (Lipinski definition) is 0. The summed E-state index contributed by atoms with van der Waals surface area (Å²) in [6.07, 6.45) is 3.79. The fourth-order valence-corrected chi connectivity index (χ4v) is 2.69. The van der Waals surface area contributed by atoms with Gasteiger partial charge in [-0.25, -0.2) is 0 Å². The maximum absolute atomic E-state index is 12.5. The molecule has 26 heavy (non-hydrogen) atoms. The highest BCUT2D eigenvalue weighted by Crippen LogP contribution is 2.35. The first-order chi connectivity index (χ1) is 12.4. The van der Waals surface area contributed by atoms with Crippen LogP contribution in [0, 0.1) is 0 Å². The van der Waals surface area contributed by atoms with Crippen molar-refractivity contribution in [2.75, 3.05) is 6.61 Å². The molecule has 2 aromatic rings. The number of allylic oxidation sites excluding steroid dienone is 2. The average Bonchev–Trinajstić information content (AvgIpc) is 2.90. The van der Waals surface area contributed by atoms with Crippen LogP contribution >= 0.6 is 0 Å². The van der Waals surface area contributed by atoms with Crippen LogP contribution in [0.4, 0.5) is 0 Å². The molecule has 0 radical (unpaired) electrons. The lowest BCUT2D eigenvalue weighted by atomic mass is 10.0. The van der Waals surface area contributed by atoms with Crippen LogP contribution in [0.3, 0.4) is 0 Å². The van der Waals surface area contributed by atoms with Gasteiger partial charge in [0, 0.05) is 6.07 Å². The normalized spacial score (nSPS) is 14.3. The van der Waals surface area contributed by atoms with Gasteiger partial charge < -0.3 is 9.47 Å². The van der Waals surface area contributed by atoms with Crippen molar-refractivity contribution >= 4 is 11.9 Å². The van der Waals surface area contributed by atoms with Gasteiger partial charge in [0.1, 0.15) is 18.1 Å². The number of carbonyl (C=O) groups is 1. The first-order valence-electron chi connectivity index (χ1n) is 8.88. The van der Waals surface area contributed by atoms with E-state index in [4.69, 9.17) is 9.47 Å². The molecule has 0 fully saturated rings. The number of ketones is 1. The highest BCUT2D eigenvalue weighted by molar-refractivity contribution is 6.14. The molecule has 0 spiro atoms. The van der Waals surface area contributed by atoms with Crippen molar-refractivity contribution in [2.24, 2.45) is 0 Å². The third-order valence-corrected chi connectivity index (χ3v) is 4.28. The Kier molecular flexibility index (Phi) is 5.27. The van der Waals surface area contributed by atoms with E-state index < -0.39 is 0 Å². The van der Waals surface area contributed by atoms with Crippen LogP contribution in [0.2, 0.25) is 0 Å². The summed E-state index contributed by atoms with van der Waals surface area (Å²) in [6, 6.07) is 13.5. The van der Waals surface area contributed by atoms with Crippen molar-refractivity contribution in [3.05, 3.63) is 76.6 Å². The zero-order chi connectivity index (χ0) is 18.7. The molecule has 0 unspecified atom stereocenters. The van der Waals surface area contributed by atoms with E-state index in [1.165, 1.54) is 11.1 Å². The molecule has 0 amide bonds. The summed E-state index contributed by atoms with van der Waals surface area (Å²) in [5.41, 5.74) is 3.99. The number of hydrogen-bond acceptors (Lipinski definition) is 3. The molecule has 0 bridgehead atoms. The second kappa shape index (κ2) is 7.61. The lowest BCUT2D eigenvalue weighted by Crippen LogP contribution is -1.98. The summed E-state index contributed by atoms with van der Waals surface area (Å²) in [7, 11) is 0. The van der Waals surface area contributed by atoms with Gasteiger partial charge in [0.05, 0.1) is 5.56 Å². The largest absolute Gasteiger partial charge is 0.489 e. The second-order valence-electron chi connectivity index (χ2n) is 7.01. The van der Waals surface area contributed by atoms with Crippen molar-refractivity contribution in [2.45, 2.75) is 33.6 Å². The highest BCUT2D eigenvalue weighted by Gasteiger charge is 2.27. The molecule has 3 nitrogen and oxygen atoms in total. The van der Waals surface area contributed by atoms with Gasteiger partial charge in [0.25, 0.3) is 0 Å². The molecule has 1 aliphatic heterocycles. The monoisotopic (exact) mass is 348 g/mol. The summed E-state index contributed by atoms with van der Waals surface area (Å²) in [6.45, 7) is 8.87. The SMILES string of the molecule is CC(C)=CCOc1ccc2c(c1)O/C(=C\c1ccc(C(C)C)cc1)C2=O. The van der Waals surface area contributed by atoms with Crippen LogP contribution in [0.15, 0.2) is 59.9 Å². The van der Waals surface area contributed by atoms with E-state index in [1.54, 1.807) is 24.3 Å². The zero-order valence-corrected chi connectivity index (χ0v) is 15.7. The average molecular weight is 348 g/mol. The first kappa shape index (κ1) is 18.0. The Morgan fingerprint density at radius 2 is 1.85 bits per heavy atom. The molecule has 0 aliphatic carbocycles. The van der Waals surface area contributed by atoms with Crippen molar-refractivity contribution < 1.29 is 14.3 Å². The maximum atomic E-state index is 12.5. The predicted octanol–water partition coefficient (Wildman–Crippen LogP) is 5.77. The van der Waals surface area contributed by atoms with E-state index in [1.807, 2.05) is 32.1 Å². The maximum Gasteiger partial charge on any atom is 0.231 e. The standard InChI is InChI=1S/C23H24O3/c1-15(2)11-12-25-19-9-10-20-21(14-19)26-22(23(20)24)13-17-5-7-18(8-6-17)16(3)4/h5-11,13-14,16H,12H2,1-4H3/b22-13-. The van der Waals surface area contributed by atoms with Crippen molar-refractivity contribution in [3.63, 3.8) is 0 Å². The van der Waals surface area contributed by atoms with E-state index in [0.29, 0.717) is 35.3 Å².